The molecular formula is C13H18BrClN2O. The largest absolute Gasteiger partial charge is 0.338 e. The molecule has 0 spiro atoms. The molecule has 3 nitrogen and oxygen atoms in total. The van der Waals surface area contributed by atoms with Crippen LogP contribution in [0.1, 0.15) is 24.0 Å². The molecule has 1 aromatic rings. The van der Waals surface area contributed by atoms with Crippen molar-refractivity contribution in [3.63, 3.8) is 0 Å². The minimum absolute atomic E-state index is 0. The van der Waals surface area contributed by atoms with Gasteiger partial charge in [0.05, 0.1) is 0 Å². The van der Waals surface area contributed by atoms with Crippen molar-refractivity contribution in [2.75, 3.05) is 13.1 Å². The van der Waals surface area contributed by atoms with Gasteiger partial charge in [-0.3, -0.25) is 4.79 Å². The Morgan fingerprint density at radius 2 is 2.22 bits per heavy atom. The van der Waals surface area contributed by atoms with Crippen molar-refractivity contribution in [2.24, 2.45) is 5.73 Å². The molecule has 0 aromatic heterocycles. The maximum absolute atomic E-state index is 11.9. The van der Waals surface area contributed by atoms with Gasteiger partial charge in [0.15, 0.2) is 0 Å². The topological polar surface area (TPSA) is 46.3 Å². The van der Waals surface area contributed by atoms with Gasteiger partial charge in [-0.05, 0) is 36.6 Å². The number of benzene rings is 1. The highest BCUT2D eigenvalue weighted by Gasteiger charge is 2.21. The smallest absolute Gasteiger partial charge is 0.222 e. The monoisotopic (exact) mass is 332 g/mol. The minimum atomic E-state index is 0. The van der Waals surface area contributed by atoms with Crippen molar-refractivity contribution >= 4 is 34.2 Å². The van der Waals surface area contributed by atoms with Gasteiger partial charge in [-0.2, -0.15) is 0 Å². The molecule has 1 aliphatic rings. The summed E-state index contributed by atoms with van der Waals surface area (Å²) in [4.78, 5) is 13.9. The van der Waals surface area contributed by atoms with E-state index in [1.165, 1.54) is 11.1 Å². The third-order valence-corrected chi connectivity index (χ3v) is 3.91. The zero-order valence-corrected chi connectivity index (χ0v) is 12.6. The van der Waals surface area contributed by atoms with Gasteiger partial charge in [0.25, 0.3) is 0 Å². The number of nitrogens with zero attached hydrogens (tertiary/aromatic N) is 1. The maximum atomic E-state index is 11.9. The Kier molecular flexibility index (Phi) is 6.12. The van der Waals surface area contributed by atoms with Gasteiger partial charge >= 0.3 is 0 Å². The summed E-state index contributed by atoms with van der Waals surface area (Å²) in [6, 6.07) is 6.23. The van der Waals surface area contributed by atoms with E-state index >= 15 is 0 Å². The first kappa shape index (κ1) is 15.5. The van der Waals surface area contributed by atoms with E-state index < -0.39 is 0 Å². The SMILES string of the molecule is Cl.NCCCC(=O)N1CCc2cccc(Br)c2C1. The second kappa shape index (κ2) is 7.12. The molecule has 0 saturated heterocycles. The predicted octanol–water partition coefficient (Wildman–Crippen LogP) is 2.49. The molecule has 0 saturated carbocycles. The lowest BCUT2D eigenvalue weighted by molar-refractivity contribution is -0.132. The molecule has 0 atom stereocenters. The first-order valence-electron chi connectivity index (χ1n) is 5.96. The van der Waals surface area contributed by atoms with E-state index in [1.807, 2.05) is 11.0 Å². The summed E-state index contributed by atoms with van der Waals surface area (Å²) in [7, 11) is 0. The number of halogens is 2. The first-order chi connectivity index (χ1) is 8.22. The van der Waals surface area contributed by atoms with Gasteiger partial charge in [-0.25, -0.2) is 0 Å². The van der Waals surface area contributed by atoms with E-state index in [4.69, 9.17) is 5.73 Å². The highest BCUT2D eigenvalue weighted by molar-refractivity contribution is 9.10. The molecule has 1 amide bonds. The van der Waals surface area contributed by atoms with Gasteiger partial charge in [0.1, 0.15) is 0 Å². The van der Waals surface area contributed by atoms with Crippen LogP contribution in [0.5, 0.6) is 0 Å². The molecule has 5 heteroatoms. The van der Waals surface area contributed by atoms with Crippen molar-refractivity contribution in [2.45, 2.75) is 25.8 Å². The Balaban J connectivity index is 0.00000162. The van der Waals surface area contributed by atoms with E-state index in [9.17, 15) is 4.79 Å². The number of nitrogens with two attached hydrogens (primary N) is 1. The number of carbonyl (C=O) groups excluding carboxylic acids is 1. The highest BCUT2D eigenvalue weighted by atomic mass is 79.9. The predicted molar refractivity (Wildman–Crippen MR) is 78.8 cm³/mol. The van der Waals surface area contributed by atoms with E-state index in [0.717, 1.165) is 30.4 Å². The van der Waals surface area contributed by atoms with E-state index in [-0.39, 0.29) is 18.3 Å². The van der Waals surface area contributed by atoms with Crippen LogP contribution >= 0.6 is 28.3 Å². The maximum Gasteiger partial charge on any atom is 0.222 e. The van der Waals surface area contributed by atoms with Crippen LogP contribution in [0, 0.1) is 0 Å². The van der Waals surface area contributed by atoms with Gasteiger partial charge < -0.3 is 10.6 Å². The van der Waals surface area contributed by atoms with Crippen LogP contribution in [-0.2, 0) is 17.8 Å². The zero-order chi connectivity index (χ0) is 12.3. The quantitative estimate of drug-likeness (QED) is 0.924. The van der Waals surface area contributed by atoms with Crippen LogP contribution < -0.4 is 5.73 Å². The Bertz CT molecular complexity index is 425. The van der Waals surface area contributed by atoms with Crippen LogP contribution in [0.2, 0.25) is 0 Å². The second-order valence-corrected chi connectivity index (χ2v) is 5.19. The van der Waals surface area contributed by atoms with Crippen molar-refractivity contribution in [1.82, 2.24) is 4.90 Å². The Hall–Kier alpha value is -0.580. The highest BCUT2D eigenvalue weighted by Crippen LogP contribution is 2.26. The minimum Gasteiger partial charge on any atom is -0.338 e. The summed E-state index contributed by atoms with van der Waals surface area (Å²) in [6.45, 7) is 2.13. The third-order valence-electron chi connectivity index (χ3n) is 3.16. The molecule has 1 aliphatic heterocycles. The molecule has 0 aliphatic carbocycles. The molecule has 0 fully saturated rings. The summed E-state index contributed by atoms with van der Waals surface area (Å²) in [5.74, 6) is 0.219. The summed E-state index contributed by atoms with van der Waals surface area (Å²) < 4.78 is 1.10. The van der Waals surface area contributed by atoms with E-state index in [0.29, 0.717) is 13.0 Å². The summed E-state index contributed by atoms with van der Waals surface area (Å²) >= 11 is 3.55. The summed E-state index contributed by atoms with van der Waals surface area (Å²) in [5.41, 5.74) is 8.03. The van der Waals surface area contributed by atoms with Crippen molar-refractivity contribution in [3.8, 4) is 0 Å². The molecule has 18 heavy (non-hydrogen) atoms. The summed E-state index contributed by atoms with van der Waals surface area (Å²) in [6.07, 6.45) is 2.29. The number of hydrogen-bond acceptors (Lipinski definition) is 2. The average molecular weight is 334 g/mol. The van der Waals surface area contributed by atoms with Crippen molar-refractivity contribution < 1.29 is 4.79 Å². The van der Waals surface area contributed by atoms with Gasteiger partial charge in [-0.15, -0.1) is 12.4 Å². The molecule has 0 bridgehead atoms. The van der Waals surface area contributed by atoms with E-state index in [1.54, 1.807) is 0 Å². The van der Waals surface area contributed by atoms with Crippen molar-refractivity contribution in [1.29, 1.82) is 0 Å². The normalized spacial score (nSPS) is 13.8. The van der Waals surface area contributed by atoms with E-state index in [2.05, 4.69) is 28.1 Å². The number of carbonyl (C=O) groups is 1. The fourth-order valence-electron chi connectivity index (χ4n) is 2.16. The Morgan fingerprint density at radius 3 is 2.94 bits per heavy atom. The zero-order valence-electron chi connectivity index (χ0n) is 10.2. The van der Waals surface area contributed by atoms with Crippen LogP contribution in [0.4, 0.5) is 0 Å². The van der Waals surface area contributed by atoms with Crippen LogP contribution in [0.15, 0.2) is 22.7 Å². The Morgan fingerprint density at radius 1 is 1.44 bits per heavy atom. The lowest BCUT2D eigenvalue weighted by Gasteiger charge is -2.29. The fraction of sp³-hybridized carbons (Fsp3) is 0.462. The number of fused-ring (bicyclic) bond motifs is 1. The lowest BCUT2D eigenvalue weighted by atomic mass is 9.99. The molecule has 1 aromatic carbocycles. The third kappa shape index (κ3) is 3.46. The molecule has 0 radical (unpaired) electrons. The molecule has 0 unspecified atom stereocenters. The average Bonchev–Trinajstić information content (AvgIpc) is 2.36. The molecule has 100 valence electrons. The molecule has 1 heterocycles. The lowest BCUT2D eigenvalue weighted by Crippen LogP contribution is -2.36. The molecular weight excluding hydrogens is 316 g/mol. The van der Waals surface area contributed by atoms with Gasteiger partial charge in [-0.1, -0.05) is 28.1 Å². The number of rotatable bonds is 3. The Labute approximate surface area is 122 Å². The standard InChI is InChI=1S/C13H17BrN2O.ClH/c14-12-4-1-3-10-6-8-16(9-11(10)12)13(17)5-2-7-15;/h1,3-4H,2,5-9,15H2;1H. The molecule has 2 N–H and O–H groups in total. The van der Waals surface area contributed by atoms with Gasteiger partial charge in [0.2, 0.25) is 5.91 Å². The van der Waals surface area contributed by atoms with Gasteiger partial charge in [0, 0.05) is 24.0 Å². The second-order valence-electron chi connectivity index (χ2n) is 4.34. The van der Waals surface area contributed by atoms with Crippen LogP contribution in [0.25, 0.3) is 0 Å². The van der Waals surface area contributed by atoms with Crippen molar-refractivity contribution in [3.05, 3.63) is 33.8 Å². The van der Waals surface area contributed by atoms with Crippen LogP contribution in [0.3, 0.4) is 0 Å². The number of hydrogen-bond donors (Lipinski definition) is 1. The summed E-state index contributed by atoms with van der Waals surface area (Å²) in [5, 5.41) is 0. The first-order valence-corrected chi connectivity index (χ1v) is 6.76. The van der Waals surface area contributed by atoms with Crippen LogP contribution in [-0.4, -0.2) is 23.9 Å². The number of amides is 1. The molecule has 2 rings (SSSR count). The fourth-order valence-corrected chi connectivity index (χ4v) is 2.70.